The van der Waals surface area contributed by atoms with Crippen LogP contribution in [0.15, 0.2) is 28.3 Å². The third-order valence-corrected chi connectivity index (χ3v) is 5.10. The maximum Gasteiger partial charge on any atom is 0.334 e. The summed E-state index contributed by atoms with van der Waals surface area (Å²) in [7, 11) is 0. The molecule has 6 heteroatoms. The molecule has 1 aromatic heterocycles. The van der Waals surface area contributed by atoms with Crippen LogP contribution in [-0.2, 0) is 9.53 Å². The highest BCUT2D eigenvalue weighted by molar-refractivity contribution is 7.99. The van der Waals surface area contributed by atoms with Gasteiger partial charge in [0.15, 0.2) is 10.6 Å². The van der Waals surface area contributed by atoms with E-state index in [9.17, 15) is 9.59 Å². The topological polar surface area (TPSA) is 72.0 Å². The Bertz CT molecular complexity index is 628. The third-order valence-electron chi connectivity index (χ3n) is 4.08. The Morgan fingerprint density at radius 1 is 1.23 bits per heavy atom. The number of unbranched alkanes of at least 4 members (excludes halogenated alkanes) is 7. The predicted octanol–water partition coefficient (Wildman–Crippen LogP) is 5.15. The van der Waals surface area contributed by atoms with E-state index in [4.69, 9.17) is 4.74 Å². The number of H-pyrrole nitrogens is 1. The van der Waals surface area contributed by atoms with E-state index in [1.165, 1.54) is 56.5 Å². The number of nitrogens with zero attached hydrogens (tertiary/aromatic N) is 1. The number of carbonyl (C=O) groups excluding carboxylic acids is 1. The Morgan fingerprint density at radius 3 is 2.42 bits per heavy atom. The normalized spacial score (nSPS) is 12.0. The van der Waals surface area contributed by atoms with Crippen LogP contribution in [0.1, 0.15) is 77.2 Å². The minimum atomic E-state index is -0.406. The lowest BCUT2D eigenvalue weighted by molar-refractivity contribution is -0.140. The standard InChI is InChI=1S/C20H32N2O3S/c1-5-6-7-8-9-10-11-12-13-17(25-19(24)15(2)3)26-20-21-14-16(4)18(23)22-20/h14,17H,2,5-13H2,1,3-4H3,(H,21,22,23). The van der Waals surface area contributed by atoms with Crippen molar-refractivity contribution in [2.75, 3.05) is 0 Å². The average molecular weight is 381 g/mol. The minimum Gasteiger partial charge on any atom is -0.447 e. The Hall–Kier alpha value is -1.56. The maximum absolute atomic E-state index is 11.9. The van der Waals surface area contributed by atoms with E-state index in [0.29, 0.717) is 16.3 Å². The summed E-state index contributed by atoms with van der Waals surface area (Å²) in [5.41, 5.74) is 0.398. The molecule has 1 atom stereocenters. The SMILES string of the molecule is C=C(C)C(=O)OC(CCCCCCCCCC)Sc1ncc(C)c(=O)[nH]1. The Morgan fingerprint density at radius 2 is 1.85 bits per heavy atom. The second-order valence-electron chi connectivity index (χ2n) is 6.70. The van der Waals surface area contributed by atoms with Crippen molar-refractivity contribution in [1.29, 1.82) is 0 Å². The van der Waals surface area contributed by atoms with Crippen LogP contribution >= 0.6 is 11.8 Å². The molecule has 0 amide bonds. The summed E-state index contributed by atoms with van der Waals surface area (Å²) in [5.74, 6) is -0.406. The molecule has 26 heavy (non-hydrogen) atoms. The number of hydrogen-bond acceptors (Lipinski definition) is 5. The Balaban J connectivity index is 2.48. The monoisotopic (exact) mass is 380 g/mol. The van der Waals surface area contributed by atoms with E-state index in [1.807, 2.05) is 0 Å². The number of aryl methyl sites for hydroxylation is 1. The number of thioether (sulfide) groups is 1. The molecule has 1 N–H and O–H groups in total. The molecule has 0 radical (unpaired) electrons. The van der Waals surface area contributed by atoms with Crippen LogP contribution in [0.4, 0.5) is 0 Å². The van der Waals surface area contributed by atoms with Gasteiger partial charge in [0.1, 0.15) is 0 Å². The molecule has 0 fully saturated rings. The summed E-state index contributed by atoms with van der Waals surface area (Å²) >= 11 is 1.28. The first kappa shape index (κ1) is 22.5. The molecule has 1 aromatic rings. The number of nitrogens with one attached hydrogen (secondary N) is 1. The molecule has 0 aliphatic carbocycles. The van der Waals surface area contributed by atoms with Gasteiger partial charge in [0.2, 0.25) is 0 Å². The van der Waals surface area contributed by atoms with Crippen molar-refractivity contribution in [2.24, 2.45) is 0 Å². The van der Waals surface area contributed by atoms with Crippen LogP contribution in [-0.4, -0.2) is 21.4 Å². The molecule has 0 aliphatic rings. The largest absolute Gasteiger partial charge is 0.447 e. The Labute approximate surface area is 161 Å². The summed E-state index contributed by atoms with van der Waals surface area (Å²) in [6.45, 7) is 9.19. The summed E-state index contributed by atoms with van der Waals surface area (Å²) in [6.07, 6.45) is 12.0. The lowest BCUT2D eigenvalue weighted by Crippen LogP contribution is -2.18. The lowest BCUT2D eigenvalue weighted by atomic mass is 10.1. The highest BCUT2D eigenvalue weighted by Gasteiger charge is 2.17. The van der Waals surface area contributed by atoms with Crippen molar-refractivity contribution in [3.63, 3.8) is 0 Å². The van der Waals surface area contributed by atoms with Crippen molar-refractivity contribution in [1.82, 2.24) is 9.97 Å². The van der Waals surface area contributed by atoms with Gasteiger partial charge in [-0.15, -0.1) is 0 Å². The van der Waals surface area contributed by atoms with Gasteiger partial charge in [-0.05, 0) is 38.5 Å². The van der Waals surface area contributed by atoms with Gasteiger partial charge in [-0.3, -0.25) is 4.79 Å². The molecule has 1 rings (SSSR count). The van der Waals surface area contributed by atoms with Gasteiger partial charge in [0.25, 0.3) is 5.56 Å². The summed E-state index contributed by atoms with van der Waals surface area (Å²) in [6, 6.07) is 0. The van der Waals surface area contributed by atoms with Crippen molar-refractivity contribution in [2.45, 2.75) is 89.2 Å². The van der Waals surface area contributed by atoms with Crippen LogP contribution in [0, 0.1) is 6.92 Å². The fraction of sp³-hybridized carbons (Fsp3) is 0.650. The van der Waals surface area contributed by atoms with Gasteiger partial charge in [-0.2, -0.15) is 0 Å². The van der Waals surface area contributed by atoms with Gasteiger partial charge in [0, 0.05) is 17.3 Å². The molecule has 146 valence electrons. The van der Waals surface area contributed by atoms with Crippen LogP contribution < -0.4 is 5.56 Å². The zero-order chi connectivity index (χ0) is 19.4. The zero-order valence-corrected chi connectivity index (χ0v) is 17.1. The smallest absolute Gasteiger partial charge is 0.334 e. The number of rotatable bonds is 13. The van der Waals surface area contributed by atoms with Crippen molar-refractivity contribution < 1.29 is 9.53 Å². The molecule has 1 heterocycles. The van der Waals surface area contributed by atoms with E-state index < -0.39 is 5.97 Å². The highest BCUT2D eigenvalue weighted by atomic mass is 32.2. The molecule has 5 nitrogen and oxygen atoms in total. The molecule has 0 aromatic carbocycles. The fourth-order valence-electron chi connectivity index (χ4n) is 2.43. The second kappa shape index (κ2) is 12.7. The second-order valence-corrected chi connectivity index (χ2v) is 7.85. The fourth-order valence-corrected chi connectivity index (χ4v) is 3.37. The number of ether oxygens (including phenoxy) is 1. The number of esters is 1. The van der Waals surface area contributed by atoms with Gasteiger partial charge >= 0.3 is 5.97 Å². The van der Waals surface area contributed by atoms with Crippen LogP contribution in [0.5, 0.6) is 0 Å². The number of aromatic amines is 1. The molecular formula is C20H32N2O3S. The van der Waals surface area contributed by atoms with Gasteiger partial charge in [-0.25, -0.2) is 9.78 Å². The first-order valence-corrected chi connectivity index (χ1v) is 10.4. The molecule has 0 saturated heterocycles. The number of hydrogen-bond donors (Lipinski definition) is 1. The first-order chi connectivity index (χ1) is 12.4. The number of aromatic nitrogens is 2. The van der Waals surface area contributed by atoms with Gasteiger partial charge in [0.05, 0.1) is 0 Å². The van der Waals surface area contributed by atoms with Gasteiger partial charge in [-0.1, -0.05) is 58.4 Å². The molecule has 0 saturated carbocycles. The van der Waals surface area contributed by atoms with E-state index in [0.717, 1.165) is 19.3 Å². The van der Waals surface area contributed by atoms with Crippen molar-refractivity contribution in [3.8, 4) is 0 Å². The van der Waals surface area contributed by atoms with E-state index in [2.05, 4.69) is 23.5 Å². The molecule has 0 aliphatic heterocycles. The highest BCUT2D eigenvalue weighted by Crippen LogP contribution is 2.25. The quantitative estimate of drug-likeness (QED) is 0.128. The van der Waals surface area contributed by atoms with E-state index >= 15 is 0 Å². The Kier molecular flexibility index (Phi) is 11.0. The van der Waals surface area contributed by atoms with Crippen LogP contribution in [0.2, 0.25) is 0 Å². The van der Waals surface area contributed by atoms with Gasteiger partial charge < -0.3 is 9.72 Å². The molecule has 1 unspecified atom stereocenters. The number of carbonyl (C=O) groups is 1. The zero-order valence-electron chi connectivity index (χ0n) is 16.3. The lowest BCUT2D eigenvalue weighted by Gasteiger charge is -2.17. The van der Waals surface area contributed by atoms with Crippen LogP contribution in [0.3, 0.4) is 0 Å². The van der Waals surface area contributed by atoms with Crippen molar-refractivity contribution in [3.05, 3.63) is 34.3 Å². The third kappa shape index (κ3) is 9.22. The molecule has 0 bridgehead atoms. The average Bonchev–Trinajstić information content (AvgIpc) is 2.60. The summed E-state index contributed by atoms with van der Waals surface area (Å²) in [4.78, 5) is 30.5. The summed E-state index contributed by atoms with van der Waals surface area (Å²) < 4.78 is 5.51. The minimum absolute atomic E-state index is 0.167. The maximum atomic E-state index is 11.9. The molecule has 0 spiro atoms. The first-order valence-electron chi connectivity index (χ1n) is 9.53. The predicted molar refractivity (Wildman–Crippen MR) is 107 cm³/mol. The van der Waals surface area contributed by atoms with E-state index in [1.54, 1.807) is 13.8 Å². The van der Waals surface area contributed by atoms with Crippen molar-refractivity contribution >= 4 is 17.7 Å². The van der Waals surface area contributed by atoms with Crippen LogP contribution in [0.25, 0.3) is 0 Å². The van der Waals surface area contributed by atoms with E-state index in [-0.39, 0.29) is 11.0 Å². The summed E-state index contributed by atoms with van der Waals surface area (Å²) in [5, 5.41) is 0.472. The molecular weight excluding hydrogens is 348 g/mol.